The third-order valence-corrected chi connectivity index (χ3v) is 2.33. The second kappa shape index (κ2) is 4.91. The lowest BCUT2D eigenvalue weighted by atomic mass is 10.1. The van der Waals surface area contributed by atoms with Crippen molar-refractivity contribution < 1.29 is 14.0 Å². The van der Waals surface area contributed by atoms with Crippen LogP contribution in [-0.4, -0.2) is 11.6 Å². The Kier molecular flexibility index (Phi) is 3.83. The van der Waals surface area contributed by atoms with Gasteiger partial charge in [-0.25, -0.2) is 0 Å². The maximum Gasteiger partial charge on any atom is 0.198 e. The van der Waals surface area contributed by atoms with Crippen LogP contribution in [0.15, 0.2) is 10.5 Å². The normalized spacial score (nSPS) is 10.3. The number of unbranched alkanes of at least 4 members (excludes halogenated alkanes) is 1. The Labute approximate surface area is 89.5 Å². The molecule has 0 aromatic carbocycles. The average Bonchev–Trinajstić information content (AvgIpc) is 2.56. The number of hydrogen-bond acceptors (Lipinski definition) is 3. The number of carbonyl (C=O) groups is 2. The van der Waals surface area contributed by atoms with Crippen LogP contribution < -0.4 is 0 Å². The van der Waals surface area contributed by atoms with Crippen molar-refractivity contribution in [2.24, 2.45) is 0 Å². The summed E-state index contributed by atoms with van der Waals surface area (Å²) in [7, 11) is 0. The molecule has 0 unspecified atom stereocenters. The first-order valence-corrected chi connectivity index (χ1v) is 5.20. The molecule has 0 spiro atoms. The summed E-state index contributed by atoms with van der Waals surface area (Å²) in [6, 6.07) is 1.55. The molecular weight excluding hydrogens is 192 g/mol. The Hall–Kier alpha value is -1.38. The predicted molar refractivity (Wildman–Crippen MR) is 57.3 cm³/mol. The first-order valence-electron chi connectivity index (χ1n) is 5.20. The van der Waals surface area contributed by atoms with Gasteiger partial charge in [0.25, 0.3) is 0 Å². The van der Waals surface area contributed by atoms with Crippen LogP contribution in [0.25, 0.3) is 0 Å². The van der Waals surface area contributed by atoms with Crippen molar-refractivity contribution in [2.45, 2.75) is 40.0 Å². The van der Waals surface area contributed by atoms with Gasteiger partial charge in [-0.2, -0.15) is 0 Å². The lowest BCUT2D eigenvalue weighted by molar-refractivity contribution is 0.0950. The molecule has 82 valence electrons. The maximum atomic E-state index is 11.6. The van der Waals surface area contributed by atoms with Gasteiger partial charge in [0.1, 0.15) is 5.76 Å². The molecule has 1 aromatic heterocycles. The van der Waals surface area contributed by atoms with E-state index in [2.05, 4.69) is 0 Å². The highest BCUT2D eigenvalue weighted by Gasteiger charge is 2.15. The van der Waals surface area contributed by atoms with Crippen LogP contribution in [0.4, 0.5) is 0 Å². The van der Waals surface area contributed by atoms with Crippen LogP contribution in [0.1, 0.15) is 59.8 Å². The molecule has 3 heteroatoms. The fourth-order valence-corrected chi connectivity index (χ4v) is 1.43. The molecule has 0 saturated heterocycles. The highest BCUT2D eigenvalue weighted by atomic mass is 16.3. The SMILES string of the molecule is CCCCC(=O)c1cc(C(C)=O)c(C)o1. The summed E-state index contributed by atoms with van der Waals surface area (Å²) in [5.41, 5.74) is 0.509. The van der Waals surface area contributed by atoms with Crippen molar-refractivity contribution in [1.29, 1.82) is 0 Å². The smallest absolute Gasteiger partial charge is 0.198 e. The molecule has 0 aliphatic carbocycles. The van der Waals surface area contributed by atoms with E-state index in [4.69, 9.17) is 4.42 Å². The Morgan fingerprint density at radius 2 is 2.07 bits per heavy atom. The molecule has 0 N–H and O–H groups in total. The van der Waals surface area contributed by atoms with E-state index in [0.717, 1.165) is 12.8 Å². The molecule has 0 aliphatic heterocycles. The zero-order valence-electron chi connectivity index (χ0n) is 9.42. The molecule has 0 saturated carbocycles. The largest absolute Gasteiger partial charge is 0.457 e. The van der Waals surface area contributed by atoms with E-state index in [9.17, 15) is 9.59 Å². The number of carbonyl (C=O) groups excluding carboxylic acids is 2. The molecule has 1 rings (SSSR count). The lowest BCUT2D eigenvalue weighted by Gasteiger charge is -1.93. The van der Waals surface area contributed by atoms with Gasteiger partial charge in [-0.1, -0.05) is 13.3 Å². The minimum absolute atomic E-state index is 0.0209. The minimum atomic E-state index is -0.0641. The summed E-state index contributed by atoms with van der Waals surface area (Å²) < 4.78 is 5.26. The molecule has 1 heterocycles. The number of furan rings is 1. The summed E-state index contributed by atoms with van der Waals surface area (Å²) in [6.45, 7) is 5.20. The van der Waals surface area contributed by atoms with E-state index >= 15 is 0 Å². The van der Waals surface area contributed by atoms with Gasteiger partial charge < -0.3 is 4.42 Å². The zero-order valence-corrected chi connectivity index (χ0v) is 9.42. The molecular formula is C12H16O3. The summed E-state index contributed by atoms with van der Waals surface area (Å²) in [6.07, 6.45) is 2.32. The predicted octanol–water partition coefficient (Wildman–Crippen LogP) is 3.16. The fourth-order valence-electron chi connectivity index (χ4n) is 1.43. The molecule has 0 amide bonds. The van der Waals surface area contributed by atoms with Crippen molar-refractivity contribution in [3.05, 3.63) is 23.2 Å². The third-order valence-electron chi connectivity index (χ3n) is 2.33. The zero-order chi connectivity index (χ0) is 11.4. The van der Waals surface area contributed by atoms with Crippen molar-refractivity contribution in [3.8, 4) is 0 Å². The van der Waals surface area contributed by atoms with Crippen LogP contribution in [0.3, 0.4) is 0 Å². The van der Waals surface area contributed by atoms with E-state index in [-0.39, 0.29) is 11.6 Å². The van der Waals surface area contributed by atoms with Crippen molar-refractivity contribution in [1.82, 2.24) is 0 Å². The molecule has 0 bridgehead atoms. The lowest BCUT2D eigenvalue weighted by Crippen LogP contribution is -1.96. The Morgan fingerprint density at radius 1 is 1.40 bits per heavy atom. The number of ketones is 2. The topological polar surface area (TPSA) is 47.3 Å². The quantitative estimate of drug-likeness (QED) is 0.698. The van der Waals surface area contributed by atoms with E-state index in [1.54, 1.807) is 13.0 Å². The van der Waals surface area contributed by atoms with Gasteiger partial charge in [0.05, 0.1) is 5.56 Å². The molecule has 1 aromatic rings. The monoisotopic (exact) mass is 208 g/mol. The van der Waals surface area contributed by atoms with E-state index in [1.807, 2.05) is 6.92 Å². The van der Waals surface area contributed by atoms with Crippen LogP contribution in [-0.2, 0) is 0 Å². The van der Waals surface area contributed by atoms with Gasteiger partial charge in [0.15, 0.2) is 17.3 Å². The van der Waals surface area contributed by atoms with Crippen molar-refractivity contribution in [2.75, 3.05) is 0 Å². The van der Waals surface area contributed by atoms with E-state index in [1.165, 1.54) is 6.92 Å². The Balaban J connectivity index is 2.83. The van der Waals surface area contributed by atoms with Crippen molar-refractivity contribution >= 4 is 11.6 Å². The van der Waals surface area contributed by atoms with Crippen LogP contribution >= 0.6 is 0 Å². The van der Waals surface area contributed by atoms with Gasteiger partial charge in [-0.05, 0) is 26.3 Å². The standard InChI is InChI=1S/C12H16O3/c1-4-5-6-11(14)12-7-10(8(2)13)9(3)15-12/h7H,4-6H2,1-3H3. The van der Waals surface area contributed by atoms with Crippen LogP contribution in [0, 0.1) is 6.92 Å². The van der Waals surface area contributed by atoms with Gasteiger partial charge >= 0.3 is 0 Å². The van der Waals surface area contributed by atoms with E-state index in [0.29, 0.717) is 23.5 Å². The summed E-state index contributed by atoms with van der Waals surface area (Å²) in [4.78, 5) is 22.7. The number of rotatable bonds is 5. The van der Waals surface area contributed by atoms with Gasteiger partial charge in [-0.3, -0.25) is 9.59 Å². The molecule has 0 atom stereocenters. The Morgan fingerprint density at radius 3 is 2.53 bits per heavy atom. The second-order valence-electron chi connectivity index (χ2n) is 3.66. The van der Waals surface area contributed by atoms with Gasteiger partial charge in [-0.15, -0.1) is 0 Å². The number of Topliss-reactive ketones (excluding diaryl/α,β-unsaturated/α-hetero) is 2. The van der Waals surface area contributed by atoms with Crippen LogP contribution in [0.5, 0.6) is 0 Å². The molecule has 0 fully saturated rings. The minimum Gasteiger partial charge on any atom is -0.457 e. The first kappa shape index (κ1) is 11.7. The van der Waals surface area contributed by atoms with E-state index < -0.39 is 0 Å². The highest BCUT2D eigenvalue weighted by Crippen LogP contribution is 2.17. The summed E-state index contributed by atoms with van der Waals surface area (Å²) >= 11 is 0. The first-order chi connectivity index (χ1) is 7.06. The summed E-state index contributed by atoms with van der Waals surface area (Å²) in [5.74, 6) is 0.756. The Bertz CT molecular complexity index is 374. The average molecular weight is 208 g/mol. The summed E-state index contributed by atoms with van der Waals surface area (Å²) in [5, 5.41) is 0. The molecule has 0 radical (unpaired) electrons. The molecule has 0 aliphatic rings. The highest BCUT2D eigenvalue weighted by molar-refractivity contribution is 5.99. The maximum absolute atomic E-state index is 11.6. The molecule has 15 heavy (non-hydrogen) atoms. The van der Waals surface area contributed by atoms with Gasteiger partial charge in [0.2, 0.25) is 0 Å². The molecule has 3 nitrogen and oxygen atoms in total. The van der Waals surface area contributed by atoms with Crippen molar-refractivity contribution in [3.63, 3.8) is 0 Å². The van der Waals surface area contributed by atoms with Gasteiger partial charge in [0, 0.05) is 6.42 Å². The number of hydrogen-bond donors (Lipinski definition) is 0. The second-order valence-corrected chi connectivity index (χ2v) is 3.66. The third kappa shape index (κ3) is 2.78. The number of aryl methyl sites for hydroxylation is 1. The fraction of sp³-hybridized carbons (Fsp3) is 0.500. The van der Waals surface area contributed by atoms with Crippen LogP contribution in [0.2, 0.25) is 0 Å².